The van der Waals surface area contributed by atoms with Gasteiger partial charge in [-0.15, -0.1) is 0 Å². The van der Waals surface area contributed by atoms with Crippen molar-refractivity contribution in [2.45, 2.75) is 32.6 Å². The van der Waals surface area contributed by atoms with Crippen LogP contribution in [0, 0.1) is 0 Å². The van der Waals surface area contributed by atoms with Crippen molar-refractivity contribution >= 4 is 11.8 Å². The first-order valence-corrected chi connectivity index (χ1v) is 7.68. The molecule has 0 bridgehead atoms. The summed E-state index contributed by atoms with van der Waals surface area (Å²) in [7, 11) is 0. The van der Waals surface area contributed by atoms with Gasteiger partial charge in [-0.2, -0.15) is 0 Å². The van der Waals surface area contributed by atoms with Gasteiger partial charge >= 0.3 is 0 Å². The zero-order valence-corrected chi connectivity index (χ0v) is 12.7. The normalized spacial score (nSPS) is 16.2. The van der Waals surface area contributed by atoms with Gasteiger partial charge in [0.15, 0.2) is 11.5 Å². The van der Waals surface area contributed by atoms with Gasteiger partial charge in [0.05, 0.1) is 6.42 Å². The molecule has 22 heavy (non-hydrogen) atoms. The number of rotatable bonds is 4. The fourth-order valence-corrected chi connectivity index (χ4v) is 2.79. The van der Waals surface area contributed by atoms with Gasteiger partial charge in [0.2, 0.25) is 18.6 Å². The average molecular weight is 304 g/mol. The third-order valence-corrected chi connectivity index (χ3v) is 3.86. The van der Waals surface area contributed by atoms with Crippen LogP contribution in [0.15, 0.2) is 18.2 Å². The number of ether oxygens (including phenoxy) is 2. The molecule has 2 heterocycles. The summed E-state index contributed by atoms with van der Waals surface area (Å²) in [6.45, 7) is 3.43. The molecule has 0 spiro atoms. The van der Waals surface area contributed by atoms with Crippen LogP contribution in [0.4, 0.5) is 0 Å². The Morgan fingerprint density at radius 2 is 1.82 bits per heavy atom. The minimum absolute atomic E-state index is 0.0269. The van der Waals surface area contributed by atoms with E-state index in [1.807, 2.05) is 25.1 Å². The topological polar surface area (TPSA) is 59.1 Å². The molecular formula is C16H20N2O4. The van der Waals surface area contributed by atoms with Crippen LogP contribution in [0.25, 0.3) is 0 Å². The van der Waals surface area contributed by atoms with Crippen LogP contribution in [0.3, 0.4) is 0 Å². The fraction of sp³-hybridized carbons (Fsp3) is 0.500. The number of nitrogens with zero attached hydrogens (tertiary/aromatic N) is 2. The summed E-state index contributed by atoms with van der Waals surface area (Å²) in [6.07, 6.45) is 2.36. The highest BCUT2D eigenvalue weighted by Gasteiger charge is 2.30. The zero-order chi connectivity index (χ0) is 15.5. The second-order valence-corrected chi connectivity index (χ2v) is 5.50. The summed E-state index contributed by atoms with van der Waals surface area (Å²) in [5.41, 5.74) is 0.865. The van der Waals surface area contributed by atoms with E-state index >= 15 is 0 Å². The standard InChI is InChI=1S/C16H20N2O4/c1-2-4-15(19)17-7-3-8-18(17)16(20)10-12-5-6-13-14(9-12)22-11-21-13/h5-6,9H,2-4,7-8,10-11H2,1H3. The average Bonchev–Trinajstić information content (AvgIpc) is 3.16. The highest BCUT2D eigenvalue weighted by Crippen LogP contribution is 2.32. The molecular weight excluding hydrogens is 284 g/mol. The van der Waals surface area contributed by atoms with E-state index in [4.69, 9.17) is 9.47 Å². The largest absolute Gasteiger partial charge is 0.454 e. The van der Waals surface area contributed by atoms with E-state index in [0.717, 1.165) is 18.4 Å². The van der Waals surface area contributed by atoms with Crippen molar-refractivity contribution in [2.75, 3.05) is 19.9 Å². The lowest BCUT2D eigenvalue weighted by molar-refractivity contribution is -0.157. The highest BCUT2D eigenvalue weighted by molar-refractivity contribution is 5.84. The Morgan fingerprint density at radius 3 is 2.59 bits per heavy atom. The van der Waals surface area contributed by atoms with E-state index in [0.29, 0.717) is 31.0 Å². The lowest BCUT2D eigenvalue weighted by Gasteiger charge is -2.28. The van der Waals surface area contributed by atoms with Crippen LogP contribution in [0.5, 0.6) is 11.5 Å². The van der Waals surface area contributed by atoms with Crippen LogP contribution in [-0.2, 0) is 16.0 Å². The molecule has 0 radical (unpaired) electrons. The first-order valence-electron chi connectivity index (χ1n) is 7.68. The summed E-state index contributed by atoms with van der Waals surface area (Å²) in [6, 6.07) is 5.50. The van der Waals surface area contributed by atoms with E-state index in [2.05, 4.69) is 0 Å². The molecule has 2 aliphatic rings. The Bertz CT molecular complexity index is 588. The number of amides is 2. The summed E-state index contributed by atoms with van der Waals surface area (Å²) in [4.78, 5) is 24.6. The first-order chi connectivity index (χ1) is 10.7. The molecule has 0 aliphatic carbocycles. The van der Waals surface area contributed by atoms with Crippen molar-refractivity contribution in [1.82, 2.24) is 10.0 Å². The zero-order valence-electron chi connectivity index (χ0n) is 12.7. The third-order valence-electron chi connectivity index (χ3n) is 3.86. The molecule has 118 valence electrons. The molecule has 0 N–H and O–H groups in total. The third kappa shape index (κ3) is 2.86. The van der Waals surface area contributed by atoms with Crippen molar-refractivity contribution < 1.29 is 19.1 Å². The quantitative estimate of drug-likeness (QED) is 0.850. The van der Waals surface area contributed by atoms with Crippen molar-refractivity contribution in [1.29, 1.82) is 0 Å². The molecule has 2 amide bonds. The van der Waals surface area contributed by atoms with Gasteiger partial charge in [0.1, 0.15) is 0 Å². The van der Waals surface area contributed by atoms with Crippen molar-refractivity contribution in [3.63, 3.8) is 0 Å². The Morgan fingerprint density at radius 1 is 1.09 bits per heavy atom. The predicted molar refractivity (Wildman–Crippen MR) is 79.2 cm³/mol. The SMILES string of the molecule is CCCC(=O)N1CCCN1C(=O)Cc1ccc2c(c1)OCO2. The number of benzene rings is 1. The molecule has 0 unspecified atom stereocenters. The first kappa shape index (κ1) is 14.7. The summed E-state index contributed by atoms with van der Waals surface area (Å²) in [5.74, 6) is 1.35. The van der Waals surface area contributed by atoms with Gasteiger partial charge in [-0.3, -0.25) is 19.6 Å². The number of hydrazine groups is 1. The maximum Gasteiger partial charge on any atom is 0.245 e. The molecule has 0 atom stereocenters. The molecule has 6 heteroatoms. The molecule has 1 saturated heterocycles. The van der Waals surface area contributed by atoms with E-state index in [1.165, 1.54) is 0 Å². The molecule has 0 aromatic heterocycles. The van der Waals surface area contributed by atoms with Crippen molar-refractivity contribution in [3.8, 4) is 11.5 Å². The Hall–Kier alpha value is -2.24. The molecule has 1 fully saturated rings. The molecule has 0 saturated carbocycles. The summed E-state index contributed by atoms with van der Waals surface area (Å²) < 4.78 is 10.6. The van der Waals surface area contributed by atoms with E-state index in [1.54, 1.807) is 10.0 Å². The number of hydrogen-bond acceptors (Lipinski definition) is 4. The lowest BCUT2D eigenvalue weighted by Crippen LogP contribution is -2.45. The van der Waals surface area contributed by atoms with Gasteiger partial charge in [-0.25, -0.2) is 0 Å². The molecule has 1 aromatic carbocycles. The van der Waals surface area contributed by atoms with Crippen molar-refractivity contribution in [3.05, 3.63) is 23.8 Å². The molecule has 1 aromatic rings. The van der Waals surface area contributed by atoms with Crippen LogP contribution in [0.1, 0.15) is 31.7 Å². The number of carbonyl (C=O) groups excluding carboxylic acids is 2. The Balaban J connectivity index is 1.67. The van der Waals surface area contributed by atoms with Crippen molar-refractivity contribution in [2.24, 2.45) is 0 Å². The van der Waals surface area contributed by atoms with Crippen LogP contribution < -0.4 is 9.47 Å². The number of fused-ring (bicyclic) bond motifs is 1. The van der Waals surface area contributed by atoms with Gasteiger partial charge in [0, 0.05) is 19.5 Å². The lowest BCUT2D eigenvalue weighted by atomic mass is 10.1. The summed E-state index contributed by atoms with van der Waals surface area (Å²) in [5, 5.41) is 3.18. The van der Waals surface area contributed by atoms with Crippen LogP contribution in [0.2, 0.25) is 0 Å². The number of hydrogen-bond donors (Lipinski definition) is 0. The maximum atomic E-state index is 12.5. The highest BCUT2D eigenvalue weighted by atomic mass is 16.7. The van der Waals surface area contributed by atoms with E-state index in [-0.39, 0.29) is 25.0 Å². The van der Waals surface area contributed by atoms with E-state index < -0.39 is 0 Å². The Kier molecular flexibility index (Phi) is 4.18. The molecule has 6 nitrogen and oxygen atoms in total. The molecule has 3 rings (SSSR count). The van der Waals surface area contributed by atoms with Gasteiger partial charge in [-0.1, -0.05) is 13.0 Å². The number of carbonyl (C=O) groups is 2. The van der Waals surface area contributed by atoms with Crippen LogP contribution in [-0.4, -0.2) is 41.7 Å². The Labute approximate surface area is 129 Å². The van der Waals surface area contributed by atoms with E-state index in [9.17, 15) is 9.59 Å². The smallest absolute Gasteiger partial charge is 0.245 e. The second kappa shape index (κ2) is 6.25. The van der Waals surface area contributed by atoms with Gasteiger partial charge in [0.25, 0.3) is 0 Å². The summed E-state index contributed by atoms with van der Waals surface area (Å²) >= 11 is 0. The molecule has 2 aliphatic heterocycles. The van der Waals surface area contributed by atoms with Crippen LogP contribution >= 0.6 is 0 Å². The fourth-order valence-electron chi connectivity index (χ4n) is 2.79. The minimum atomic E-state index is -0.0548. The predicted octanol–water partition coefficient (Wildman–Crippen LogP) is 1.73. The monoisotopic (exact) mass is 304 g/mol. The van der Waals surface area contributed by atoms with Gasteiger partial charge < -0.3 is 9.47 Å². The van der Waals surface area contributed by atoms with Gasteiger partial charge in [-0.05, 0) is 30.5 Å². The second-order valence-electron chi connectivity index (χ2n) is 5.50. The maximum absolute atomic E-state index is 12.5. The minimum Gasteiger partial charge on any atom is -0.454 e.